The summed E-state index contributed by atoms with van der Waals surface area (Å²) < 4.78 is 10.3. The SMILES string of the molecule is CC1CCC(CO)OC1.CCCC(=O)OC(C)(C)C. The van der Waals surface area contributed by atoms with Crippen molar-refractivity contribution in [2.45, 2.75) is 72.0 Å². The molecule has 1 aliphatic heterocycles. The van der Waals surface area contributed by atoms with Gasteiger partial charge >= 0.3 is 5.97 Å². The third-order valence-corrected chi connectivity index (χ3v) is 2.68. The Hall–Kier alpha value is -0.610. The van der Waals surface area contributed by atoms with Crippen LogP contribution in [0.1, 0.15) is 60.3 Å². The molecule has 4 heteroatoms. The van der Waals surface area contributed by atoms with Crippen molar-refractivity contribution in [2.24, 2.45) is 5.92 Å². The summed E-state index contributed by atoms with van der Waals surface area (Å²) in [6.07, 6.45) is 3.73. The highest BCUT2D eigenvalue weighted by atomic mass is 16.6. The molecule has 19 heavy (non-hydrogen) atoms. The Morgan fingerprint density at radius 2 is 2.00 bits per heavy atom. The van der Waals surface area contributed by atoms with E-state index in [2.05, 4.69) is 6.92 Å². The summed E-state index contributed by atoms with van der Waals surface area (Å²) in [6, 6.07) is 0. The first-order valence-electron chi connectivity index (χ1n) is 7.22. The van der Waals surface area contributed by atoms with E-state index in [0.29, 0.717) is 12.3 Å². The zero-order valence-corrected chi connectivity index (χ0v) is 13.1. The van der Waals surface area contributed by atoms with Gasteiger partial charge in [0.1, 0.15) is 5.60 Å². The highest BCUT2D eigenvalue weighted by Gasteiger charge is 2.17. The average Bonchev–Trinajstić information content (AvgIpc) is 2.29. The van der Waals surface area contributed by atoms with Crippen LogP contribution in [0.3, 0.4) is 0 Å². The molecule has 2 atom stereocenters. The van der Waals surface area contributed by atoms with Gasteiger partial charge in [0.15, 0.2) is 0 Å². The Balaban J connectivity index is 0.000000342. The zero-order valence-electron chi connectivity index (χ0n) is 13.1. The van der Waals surface area contributed by atoms with Crippen LogP contribution in [0.15, 0.2) is 0 Å². The van der Waals surface area contributed by atoms with E-state index in [0.717, 1.165) is 19.4 Å². The molecule has 0 amide bonds. The van der Waals surface area contributed by atoms with Crippen molar-refractivity contribution in [1.29, 1.82) is 0 Å². The van der Waals surface area contributed by atoms with E-state index >= 15 is 0 Å². The zero-order chi connectivity index (χ0) is 14.9. The van der Waals surface area contributed by atoms with Crippen LogP contribution in [0.5, 0.6) is 0 Å². The highest BCUT2D eigenvalue weighted by Crippen LogP contribution is 2.17. The van der Waals surface area contributed by atoms with Gasteiger partial charge in [-0.05, 0) is 46.0 Å². The Kier molecular flexibility index (Phi) is 9.02. The number of carbonyl (C=O) groups excluding carboxylic acids is 1. The number of aliphatic hydroxyl groups excluding tert-OH is 1. The van der Waals surface area contributed by atoms with Gasteiger partial charge in [0.05, 0.1) is 12.7 Å². The summed E-state index contributed by atoms with van der Waals surface area (Å²) in [4.78, 5) is 10.8. The molecular formula is C15H30O4. The maximum absolute atomic E-state index is 10.8. The third kappa shape index (κ3) is 11.0. The van der Waals surface area contributed by atoms with Gasteiger partial charge in [-0.25, -0.2) is 0 Å². The third-order valence-electron chi connectivity index (χ3n) is 2.68. The molecule has 1 saturated heterocycles. The fourth-order valence-electron chi connectivity index (χ4n) is 1.68. The number of hydrogen-bond acceptors (Lipinski definition) is 4. The van der Waals surface area contributed by atoms with Crippen LogP contribution in [0.2, 0.25) is 0 Å². The monoisotopic (exact) mass is 274 g/mol. The molecule has 0 aliphatic carbocycles. The van der Waals surface area contributed by atoms with Crippen molar-refractivity contribution in [3.8, 4) is 0 Å². The number of carbonyl (C=O) groups is 1. The minimum atomic E-state index is -0.327. The number of ether oxygens (including phenoxy) is 2. The largest absolute Gasteiger partial charge is 0.460 e. The van der Waals surface area contributed by atoms with Gasteiger partial charge in [0.25, 0.3) is 0 Å². The molecule has 1 N–H and O–H groups in total. The smallest absolute Gasteiger partial charge is 0.306 e. The lowest BCUT2D eigenvalue weighted by molar-refractivity contribution is -0.154. The summed E-state index contributed by atoms with van der Waals surface area (Å²) in [5.41, 5.74) is -0.327. The molecule has 1 fully saturated rings. The maximum Gasteiger partial charge on any atom is 0.306 e. The number of rotatable bonds is 3. The molecule has 4 nitrogen and oxygen atoms in total. The minimum absolute atomic E-state index is 0.102. The molecule has 0 saturated carbocycles. The first-order valence-corrected chi connectivity index (χ1v) is 7.22. The molecule has 0 radical (unpaired) electrons. The number of hydrogen-bond donors (Lipinski definition) is 1. The van der Waals surface area contributed by atoms with Crippen molar-refractivity contribution in [2.75, 3.05) is 13.2 Å². The predicted molar refractivity (Wildman–Crippen MR) is 76.0 cm³/mol. The van der Waals surface area contributed by atoms with Crippen LogP contribution in [0.4, 0.5) is 0 Å². The van der Waals surface area contributed by atoms with Crippen LogP contribution < -0.4 is 0 Å². The number of esters is 1. The molecule has 0 bridgehead atoms. The standard InChI is InChI=1S/C8H16O2.C7H14O2/c1-5-6-7(9)10-8(2,3)4;1-6-2-3-7(4-8)9-5-6/h5-6H2,1-4H3;6-8H,2-5H2,1H3. The second-order valence-electron chi connectivity index (χ2n) is 6.16. The molecule has 0 spiro atoms. The van der Waals surface area contributed by atoms with Gasteiger partial charge in [0.2, 0.25) is 0 Å². The van der Waals surface area contributed by atoms with Crippen LogP contribution in [0.25, 0.3) is 0 Å². The first kappa shape index (κ1) is 18.4. The van der Waals surface area contributed by atoms with E-state index < -0.39 is 0 Å². The maximum atomic E-state index is 10.8. The fraction of sp³-hybridized carbons (Fsp3) is 0.933. The van der Waals surface area contributed by atoms with Crippen LogP contribution in [-0.2, 0) is 14.3 Å². The highest BCUT2D eigenvalue weighted by molar-refractivity contribution is 5.69. The molecule has 2 unspecified atom stereocenters. The average molecular weight is 274 g/mol. The Bertz CT molecular complexity index is 237. The van der Waals surface area contributed by atoms with E-state index in [1.54, 1.807) is 0 Å². The lowest BCUT2D eigenvalue weighted by atomic mass is 10.0. The minimum Gasteiger partial charge on any atom is -0.460 e. The molecule has 0 aromatic rings. The molecule has 1 rings (SSSR count). The van der Waals surface area contributed by atoms with Crippen molar-refractivity contribution in [1.82, 2.24) is 0 Å². The van der Waals surface area contributed by atoms with E-state index in [-0.39, 0.29) is 24.3 Å². The molecule has 1 aliphatic rings. The molecular weight excluding hydrogens is 244 g/mol. The first-order chi connectivity index (χ1) is 8.78. The van der Waals surface area contributed by atoms with E-state index in [1.165, 1.54) is 6.42 Å². The number of aliphatic hydroxyl groups is 1. The molecule has 0 aromatic heterocycles. The second-order valence-corrected chi connectivity index (χ2v) is 6.16. The molecule has 0 aromatic carbocycles. The van der Waals surface area contributed by atoms with E-state index in [4.69, 9.17) is 14.6 Å². The van der Waals surface area contributed by atoms with Gasteiger partial charge < -0.3 is 14.6 Å². The van der Waals surface area contributed by atoms with Crippen molar-refractivity contribution >= 4 is 5.97 Å². The van der Waals surface area contributed by atoms with Crippen molar-refractivity contribution in [3.63, 3.8) is 0 Å². The van der Waals surface area contributed by atoms with E-state index in [9.17, 15) is 4.79 Å². The normalized spacial score (nSPS) is 23.3. The summed E-state index contributed by atoms with van der Waals surface area (Å²) >= 11 is 0. The second kappa shape index (κ2) is 9.32. The van der Waals surface area contributed by atoms with Gasteiger partial charge in [0, 0.05) is 13.0 Å². The summed E-state index contributed by atoms with van der Waals surface area (Å²) in [5.74, 6) is 0.586. The van der Waals surface area contributed by atoms with Gasteiger partial charge in [-0.3, -0.25) is 4.79 Å². The quantitative estimate of drug-likeness (QED) is 0.804. The van der Waals surface area contributed by atoms with Crippen LogP contribution in [0, 0.1) is 5.92 Å². The van der Waals surface area contributed by atoms with Gasteiger partial charge in [-0.1, -0.05) is 13.8 Å². The summed E-state index contributed by atoms with van der Waals surface area (Å²) in [6.45, 7) is 10.8. The Morgan fingerprint density at radius 1 is 1.37 bits per heavy atom. The Labute approximate surface area is 117 Å². The fourth-order valence-corrected chi connectivity index (χ4v) is 1.68. The Morgan fingerprint density at radius 3 is 2.37 bits per heavy atom. The van der Waals surface area contributed by atoms with E-state index in [1.807, 2.05) is 27.7 Å². The summed E-state index contributed by atoms with van der Waals surface area (Å²) in [7, 11) is 0. The molecule has 1 heterocycles. The van der Waals surface area contributed by atoms with Crippen molar-refractivity contribution < 1.29 is 19.4 Å². The van der Waals surface area contributed by atoms with Crippen LogP contribution in [-0.4, -0.2) is 36.0 Å². The lowest BCUT2D eigenvalue weighted by Crippen LogP contribution is -2.26. The van der Waals surface area contributed by atoms with Gasteiger partial charge in [-0.15, -0.1) is 0 Å². The van der Waals surface area contributed by atoms with Gasteiger partial charge in [-0.2, -0.15) is 0 Å². The van der Waals surface area contributed by atoms with Crippen LogP contribution >= 0.6 is 0 Å². The molecule has 114 valence electrons. The summed E-state index contributed by atoms with van der Waals surface area (Å²) in [5, 5.41) is 8.65. The predicted octanol–water partition coefficient (Wildman–Crippen LogP) is 2.92. The van der Waals surface area contributed by atoms with Crippen molar-refractivity contribution in [3.05, 3.63) is 0 Å². The lowest BCUT2D eigenvalue weighted by Gasteiger charge is -2.24. The topological polar surface area (TPSA) is 55.8 Å².